The molecular formula is C20H17FN6S. The van der Waals surface area contributed by atoms with Gasteiger partial charge in [-0.2, -0.15) is 10.2 Å². The van der Waals surface area contributed by atoms with E-state index in [1.54, 1.807) is 30.2 Å². The molecule has 0 radical (unpaired) electrons. The topological polar surface area (TPSA) is 77.3 Å². The number of rotatable bonds is 6. The van der Waals surface area contributed by atoms with Crippen LogP contribution in [-0.4, -0.2) is 30.1 Å². The summed E-state index contributed by atoms with van der Waals surface area (Å²) >= 11 is 1.47. The molecule has 0 aliphatic rings. The molecule has 140 valence electrons. The maximum absolute atomic E-state index is 14.2. The molecule has 0 N–H and O–H groups in total. The summed E-state index contributed by atoms with van der Waals surface area (Å²) in [5.41, 5.74) is 6.08. The van der Waals surface area contributed by atoms with E-state index in [0.29, 0.717) is 12.1 Å². The van der Waals surface area contributed by atoms with Crippen LogP contribution in [0.25, 0.3) is 22.6 Å². The highest BCUT2D eigenvalue weighted by molar-refractivity contribution is 7.10. The number of hydrogen-bond acceptors (Lipinski definition) is 7. The molecular weight excluding hydrogens is 375 g/mol. The van der Waals surface area contributed by atoms with Gasteiger partial charge in [0.25, 0.3) is 0 Å². The maximum Gasteiger partial charge on any atom is 0.151 e. The van der Waals surface area contributed by atoms with Crippen LogP contribution in [0, 0.1) is 5.82 Å². The van der Waals surface area contributed by atoms with Gasteiger partial charge in [0, 0.05) is 35.5 Å². The second-order valence-electron chi connectivity index (χ2n) is 6.21. The molecule has 0 fully saturated rings. The molecule has 0 aromatic carbocycles. The van der Waals surface area contributed by atoms with Gasteiger partial charge in [-0.15, -0.1) is 11.3 Å². The molecule has 4 rings (SSSR count). The van der Waals surface area contributed by atoms with Gasteiger partial charge in [0.2, 0.25) is 0 Å². The van der Waals surface area contributed by atoms with Gasteiger partial charge in [0.15, 0.2) is 5.82 Å². The zero-order valence-corrected chi connectivity index (χ0v) is 16.0. The molecule has 0 saturated carbocycles. The average molecular weight is 392 g/mol. The fraction of sp³-hybridized carbons (Fsp3) is 0.200. The summed E-state index contributed by atoms with van der Waals surface area (Å²) in [6, 6.07) is 5.00. The first-order valence-corrected chi connectivity index (χ1v) is 9.78. The van der Waals surface area contributed by atoms with Gasteiger partial charge in [0.05, 0.1) is 16.9 Å². The number of aryl methyl sites for hydroxylation is 1. The number of nitrogens with zero attached hydrogens (tertiary/aromatic N) is 6. The number of pyridine rings is 1. The molecule has 8 heteroatoms. The van der Waals surface area contributed by atoms with Crippen molar-refractivity contribution in [3.8, 4) is 22.6 Å². The number of aromatic nitrogens is 6. The monoisotopic (exact) mass is 392 g/mol. The van der Waals surface area contributed by atoms with E-state index in [-0.39, 0.29) is 11.5 Å². The lowest BCUT2D eigenvalue weighted by Crippen LogP contribution is -2.04. The van der Waals surface area contributed by atoms with Crippen molar-refractivity contribution in [2.45, 2.75) is 26.2 Å². The van der Waals surface area contributed by atoms with E-state index in [1.807, 2.05) is 6.07 Å². The van der Waals surface area contributed by atoms with Gasteiger partial charge in [0.1, 0.15) is 17.7 Å². The Morgan fingerprint density at radius 2 is 1.93 bits per heavy atom. The molecule has 0 unspecified atom stereocenters. The van der Waals surface area contributed by atoms with E-state index in [2.05, 4.69) is 37.1 Å². The van der Waals surface area contributed by atoms with Crippen LogP contribution in [0.2, 0.25) is 0 Å². The first-order valence-electron chi connectivity index (χ1n) is 8.90. The van der Waals surface area contributed by atoms with Gasteiger partial charge in [-0.1, -0.05) is 13.3 Å². The number of thiazole rings is 1. The minimum atomic E-state index is -0.381. The van der Waals surface area contributed by atoms with Crippen molar-refractivity contribution < 1.29 is 4.39 Å². The Bertz CT molecular complexity index is 1080. The van der Waals surface area contributed by atoms with E-state index < -0.39 is 0 Å². The Morgan fingerprint density at radius 3 is 2.71 bits per heavy atom. The Labute approximate surface area is 165 Å². The Hall–Kier alpha value is -3.13. The van der Waals surface area contributed by atoms with E-state index in [9.17, 15) is 4.39 Å². The van der Waals surface area contributed by atoms with Crippen molar-refractivity contribution in [3.63, 3.8) is 0 Å². The van der Waals surface area contributed by atoms with Gasteiger partial charge in [-0.25, -0.2) is 19.3 Å². The smallest absolute Gasteiger partial charge is 0.151 e. The highest BCUT2D eigenvalue weighted by Crippen LogP contribution is 2.29. The third kappa shape index (κ3) is 3.77. The van der Waals surface area contributed by atoms with Crippen LogP contribution in [0.1, 0.15) is 29.5 Å². The van der Waals surface area contributed by atoms with Crippen LogP contribution in [-0.2, 0) is 12.8 Å². The Balaban J connectivity index is 1.69. The summed E-state index contributed by atoms with van der Waals surface area (Å²) in [5.74, 6) is -0.381. The SMILES string of the molecule is CCCc1cc(-c2cncnc2)nnc1Cc1scnc1-c1ncccc1F. The normalized spacial score (nSPS) is 10.9. The number of halogens is 1. The predicted octanol–water partition coefficient (Wildman–Crippen LogP) is 4.13. The van der Waals surface area contributed by atoms with Crippen molar-refractivity contribution in [2.24, 2.45) is 0 Å². The molecule has 4 heterocycles. The lowest BCUT2D eigenvalue weighted by molar-refractivity contribution is 0.625. The minimum Gasteiger partial charge on any atom is -0.251 e. The summed E-state index contributed by atoms with van der Waals surface area (Å²) in [5, 5.41) is 8.82. The van der Waals surface area contributed by atoms with Crippen molar-refractivity contribution >= 4 is 11.3 Å². The van der Waals surface area contributed by atoms with Crippen molar-refractivity contribution in [1.82, 2.24) is 30.1 Å². The van der Waals surface area contributed by atoms with E-state index in [1.165, 1.54) is 23.7 Å². The molecule has 4 aromatic heterocycles. The first kappa shape index (κ1) is 18.2. The van der Waals surface area contributed by atoms with Gasteiger partial charge < -0.3 is 0 Å². The second kappa shape index (κ2) is 8.26. The Morgan fingerprint density at radius 1 is 1.07 bits per heavy atom. The van der Waals surface area contributed by atoms with Crippen LogP contribution in [0.4, 0.5) is 4.39 Å². The molecule has 0 amide bonds. The number of hydrogen-bond donors (Lipinski definition) is 0. The predicted molar refractivity (Wildman–Crippen MR) is 105 cm³/mol. The lowest BCUT2D eigenvalue weighted by Gasteiger charge is -2.09. The largest absolute Gasteiger partial charge is 0.251 e. The van der Waals surface area contributed by atoms with Crippen LogP contribution >= 0.6 is 11.3 Å². The summed E-state index contributed by atoms with van der Waals surface area (Å²) in [7, 11) is 0. The highest BCUT2D eigenvalue weighted by atomic mass is 32.1. The van der Waals surface area contributed by atoms with Crippen molar-refractivity contribution in [3.05, 3.63) is 70.6 Å². The lowest BCUT2D eigenvalue weighted by atomic mass is 10.0. The van der Waals surface area contributed by atoms with Crippen molar-refractivity contribution in [1.29, 1.82) is 0 Å². The summed E-state index contributed by atoms with van der Waals surface area (Å²) in [6.45, 7) is 2.12. The molecule has 4 aromatic rings. The van der Waals surface area contributed by atoms with E-state index in [4.69, 9.17) is 0 Å². The van der Waals surface area contributed by atoms with Gasteiger partial charge in [-0.3, -0.25) is 4.98 Å². The fourth-order valence-corrected chi connectivity index (χ4v) is 3.73. The summed E-state index contributed by atoms with van der Waals surface area (Å²) in [4.78, 5) is 17.5. The minimum absolute atomic E-state index is 0.266. The fourth-order valence-electron chi connectivity index (χ4n) is 2.96. The summed E-state index contributed by atoms with van der Waals surface area (Å²) < 4.78 is 14.2. The van der Waals surface area contributed by atoms with Crippen LogP contribution in [0.3, 0.4) is 0 Å². The average Bonchev–Trinajstić information content (AvgIpc) is 3.18. The molecule has 28 heavy (non-hydrogen) atoms. The van der Waals surface area contributed by atoms with Gasteiger partial charge >= 0.3 is 0 Å². The highest BCUT2D eigenvalue weighted by Gasteiger charge is 2.17. The summed E-state index contributed by atoms with van der Waals surface area (Å²) in [6.07, 6.45) is 8.88. The van der Waals surface area contributed by atoms with E-state index in [0.717, 1.165) is 40.2 Å². The zero-order chi connectivity index (χ0) is 19.3. The first-order chi connectivity index (χ1) is 13.8. The third-order valence-electron chi connectivity index (χ3n) is 4.29. The molecule has 0 bridgehead atoms. The van der Waals surface area contributed by atoms with Gasteiger partial charge in [-0.05, 0) is 30.2 Å². The molecule has 0 aliphatic carbocycles. The molecule has 0 atom stereocenters. The molecule has 6 nitrogen and oxygen atoms in total. The van der Waals surface area contributed by atoms with E-state index >= 15 is 0 Å². The standard InChI is InChI=1S/C20H17FN6S/c1-2-4-13-7-16(14-9-22-11-23-10-14)26-27-17(13)8-18-20(25-12-28-18)19-15(21)5-3-6-24-19/h3,5-7,9-12H,2,4,8H2,1H3. The zero-order valence-electron chi connectivity index (χ0n) is 15.2. The Kier molecular flexibility index (Phi) is 5.38. The third-order valence-corrected chi connectivity index (χ3v) is 5.12. The quantitative estimate of drug-likeness (QED) is 0.491. The molecule has 0 spiro atoms. The second-order valence-corrected chi connectivity index (χ2v) is 7.15. The van der Waals surface area contributed by atoms with Crippen LogP contribution < -0.4 is 0 Å². The van der Waals surface area contributed by atoms with Crippen LogP contribution in [0.5, 0.6) is 0 Å². The maximum atomic E-state index is 14.2. The molecule has 0 aliphatic heterocycles. The van der Waals surface area contributed by atoms with Crippen LogP contribution in [0.15, 0.2) is 48.6 Å². The van der Waals surface area contributed by atoms with Crippen molar-refractivity contribution in [2.75, 3.05) is 0 Å². The molecule has 0 saturated heterocycles.